The van der Waals surface area contributed by atoms with E-state index in [0.717, 1.165) is 6.42 Å². The van der Waals surface area contributed by atoms with E-state index in [0.29, 0.717) is 48.7 Å². The van der Waals surface area contributed by atoms with Crippen LogP contribution in [-0.4, -0.2) is 35.2 Å². The van der Waals surface area contributed by atoms with Crippen LogP contribution in [0.1, 0.15) is 53.0 Å². The van der Waals surface area contributed by atoms with E-state index in [-0.39, 0.29) is 17.1 Å². The number of carbonyl (C=O) groups excluding carboxylic acids is 1. The van der Waals surface area contributed by atoms with E-state index in [1.54, 1.807) is 30.3 Å². The Morgan fingerprint density at radius 2 is 1.63 bits per heavy atom. The van der Waals surface area contributed by atoms with Gasteiger partial charge in [-0.15, -0.1) is 0 Å². The molecule has 0 aliphatic rings. The Balaban J connectivity index is 1.95. The molecule has 0 atom stereocenters. The van der Waals surface area contributed by atoms with Crippen LogP contribution in [0.15, 0.2) is 36.4 Å². The van der Waals surface area contributed by atoms with Gasteiger partial charge in [-0.25, -0.2) is 4.79 Å². The van der Waals surface area contributed by atoms with Gasteiger partial charge in [-0.2, -0.15) is 0 Å². The molecule has 0 amide bonds. The molecular formula is C21H24O6. The molecule has 0 bridgehead atoms. The molecule has 2 rings (SSSR count). The highest BCUT2D eigenvalue weighted by Crippen LogP contribution is 2.33. The van der Waals surface area contributed by atoms with Gasteiger partial charge in [-0.3, -0.25) is 4.79 Å². The molecule has 144 valence electrons. The number of carboxylic acid groups (broad SMARTS) is 1. The first kappa shape index (κ1) is 20.3. The average Bonchev–Trinajstić information content (AvgIpc) is 2.64. The average molecular weight is 372 g/mol. The molecule has 6 heteroatoms. The topological polar surface area (TPSA) is 93.1 Å². The fraction of sp³-hybridized carbons (Fsp3) is 0.333. The van der Waals surface area contributed by atoms with Gasteiger partial charge in [0.2, 0.25) is 0 Å². The molecule has 0 spiro atoms. The van der Waals surface area contributed by atoms with Crippen molar-refractivity contribution in [2.24, 2.45) is 0 Å². The van der Waals surface area contributed by atoms with E-state index in [4.69, 9.17) is 14.6 Å². The first-order valence-electron chi connectivity index (χ1n) is 8.89. The number of hydrogen-bond donors (Lipinski definition) is 2. The van der Waals surface area contributed by atoms with E-state index in [2.05, 4.69) is 0 Å². The number of ketones is 1. The number of aromatic carboxylic acids is 1. The van der Waals surface area contributed by atoms with Gasteiger partial charge in [0.1, 0.15) is 22.8 Å². The highest BCUT2D eigenvalue weighted by Gasteiger charge is 2.16. The van der Waals surface area contributed by atoms with Crippen molar-refractivity contribution in [3.63, 3.8) is 0 Å². The summed E-state index contributed by atoms with van der Waals surface area (Å²) in [5, 5.41) is 19.5. The van der Waals surface area contributed by atoms with E-state index < -0.39 is 5.97 Å². The molecule has 0 fully saturated rings. The van der Waals surface area contributed by atoms with Crippen LogP contribution in [0.2, 0.25) is 0 Å². The summed E-state index contributed by atoms with van der Waals surface area (Å²) in [7, 11) is 0. The number of rotatable bonds is 10. The van der Waals surface area contributed by atoms with Crippen LogP contribution in [0.4, 0.5) is 0 Å². The summed E-state index contributed by atoms with van der Waals surface area (Å²) in [6.45, 7) is 4.03. The third kappa shape index (κ3) is 5.23. The molecule has 6 nitrogen and oxygen atoms in total. The number of para-hydroxylation sites is 1. The minimum atomic E-state index is -1.04. The number of carboxylic acids is 1. The minimum absolute atomic E-state index is 0.0199. The molecule has 0 heterocycles. The van der Waals surface area contributed by atoms with Gasteiger partial charge >= 0.3 is 5.97 Å². The monoisotopic (exact) mass is 372 g/mol. The van der Waals surface area contributed by atoms with E-state index >= 15 is 0 Å². The number of hydrogen-bond acceptors (Lipinski definition) is 5. The van der Waals surface area contributed by atoms with Crippen molar-refractivity contribution in [3.8, 4) is 17.2 Å². The molecule has 0 saturated carbocycles. The van der Waals surface area contributed by atoms with Crippen molar-refractivity contribution < 1.29 is 29.3 Å². The van der Waals surface area contributed by atoms with E-state index in [9.17, 15) is 14.7 Å². The van der Waals surface area contributed by atoms with E-state index in [1.807, 2.05) is 6.92 Å². The van der Waals surface area contributed by atoms with Crippen LogP contribution in [0.5, 0.6) is 17.2 Å². The number of carbonyl (C=O) groups is 2. The first-order valence-corrected chi connectivity index (χ1v) is 8.89. The number of ether oxygens (including phenoxy) is 2. The van der Waals surface area contributed by atoms with E-state index in [1.165, 1.54) is 13.0 Å². The van der Waals surface area contributed by atoms with Gasteiger partial charge in [0.05, 0.1) is 18.8 Å². The van der Waals surface area contributed by atoms with Crippen molar-refractivity contribution >= 4 is 11.8 Å². The number of aromatic hydroxyl groups is 1. The quantitative estimate of drug-likeness (QED) is 0.482. The summed E-state index contributed by atoms with van der Waals surface area (Å²) in [4.78, 5) is 22.7. The number of Topliss-reactive ketones (excluding diaryl/α,β-unsaturated/α-hetero) is 1. The summed E-state index contributed by atoms with van der Waals surface area (Å²) in [5.74, 6) is -0.382. The van der Waals surface area contributed by atoms with Gasteiger partial charge in [-0.05, 0) is 37.6 Å². The molecule has 0 aliphatic heterocycles. The molecule has 0 radical (unpaired) electrons. The van der Waals surface area contributed by atoms with Crippen LogP contribution >= 0.6 is 0 Å². The normalized spacial score (nSPS) is 10.4. The molecule has 0 saturated heterocycles. The fourth-order valence-corrected chi connectivity index (χ4v) is 2.72. The molecular weight excluding hydrogens is 348 g/mol. The lowest BCUT2D eigenvalue weighted by Crippen LogP contribution is -2.09. The van der Waals surface area contributed by atoms with Crippen molar-refractivity contribution in [1.29, 1.82) is 0 Å². The standard InChI is InChI=1S/C21H24O6/c1-3-7-16-19(11-10-15(14(2)22)20(16)23)27-13-6-12-26-18-9-5-4-8-17(18)21(24)25/h4-5,8-11,23H,3,6-7,12-13H2,1-2H3,(H,24,25). The zero-order chi connectivity index (χ0) is 19.8. The summed E-state index contributed by atoms with van der Waals surface area (Å²) in [6, 6.07) is 9.72. The van der Waals surface area contributed by atoms with Gasteiger partial charge < -0.3 is 19.7 Å². The third-order valence-corrected chi connectivity index (χ3v) is 4.04. The Morgan fingerprint density at radius 1 is 0.963 bits per heavy atom. The third-order valence-electron chi connectivity index (χ3n) is 4.04. The highest BCUT2D eigenvalue weighted by molar-refractivity contribution is 5.97. The Kier molecular flexibility index (Phi) is 7.23. The minimum Gasteiger partial charge on any atom is -0.507 e. The summed E-state index contributed by atoms with van der Waals surface area (Å²) < 4.78 is 11.3. The fourth-order valence-electron chi connectivity index (χ4n) is 2.72. The lowest BCUT2D eigenvalue weighted by Gasteiger charge is -2.15. The van der Waals surface area contributed by atoms with Crippen LogP contribution in [0, 0.1) is 0 Å². The second kappa shape index (κ2) is 9.62. The van der Waals surface area contributed by atoms with Gasteiger partial charge in [0.15, 0.2) is 5.78 Å². The smallest absolute Gasteiger partial charge is 0.339 e. The zero-order valence-corrected chi connectivity index (χ0v) is 15.5. The zero-order valence-electron chi connectivity index (χ0n) is 15.5. The lowest BCUT2D eigenvalue weighted by atomic mass is 10.0. The number of benzene rings is 2. The predicted octanol–water partition coefficient (Wildman–Crippen LogP) is 4.09. The summed E-state index contributed by atoms with van der Waals surface area (Å²) in [5.41, 5.74) is 1.04. The maximum absolute atomic E-state index is 11.6. The van der Waals surface area contributed by atoms with Crippen molar-refractivity contribution in [2.75, 3.05) is 13.2 Å². The molecule has 27 heavy (non-hydrogen) atoms. The lowest BCUT2D eigenvalue weighted by molar-refractivity contribution is 0.0691. The Morgan fingerprint density at radius 3 is 2.26 bits per heavy atom. The maximum Gasteiger partial charge on any atom is 0.339 e. The van der Waals surface area contributed by atoms with Crippen LogP contribution in [0.3, 0.4) is 0 Å². The van der Waals surface area contributed by atoms with Crippen LogP contribution < -0.4 is 9.47 Å². The maximum atomic E-state index is 11.6. The van der Waals surface area contributed by atoms with Crippen molar-refractivity contribution in [1.82, 2.24) is 0 Å². The van der Waals surface area contributed by atoms with Crippen LogP contribution in [-0.2, 0) is 6.42 Å². The Bertz CT molecular complexity index is 812. The van der Waals surface area contributed by atoms with Crippen molar-refractivity contribution in [3.05, 3.63) is 53.1 Å². The molecule has 2 aromatic carbocycles. The first-order chi connectivity index (χ1) is 13.0. The second-order valence-electron chi connectivity index (χ2n) is 6.10. The summed E-state index contributed by atoms with van der Waals surface area (Å²) in [6.07, 6.45) is 1.94. The number of phenols is 1. The summed E-state index contributed by atoms with van der Waals surface area (Å²) >= 11 is 0. The van der Waals surface area contributed by atoms with Gasteiger partial charge in [0.25, 0.3) is 0 Å². The Labute approximate surface area is 158 Å². The van der Waals surface area contributed by atoms with Gasteiger partial charge in [-0.1, -0.05) is 25.5 Å². The molecule has 0 aromatic heterocycles. The molecule has 0 aliphatic carbocycles. The largest absolute Gasteiger partial charge is 0.507 e. The SMILES string of the molecule is CCCc1c(OCCCOc2ccccc2C(=O)O)ccc(C(C)=O)c1O. The second-order valence-corrected chi connectivity index (χ2v) is 6.10. The number of phenolic OH excluding ortho intramolecular Hbond substituents is 1. The highest BCUT2D eigenvalue weighted by atomic mass is 16.5. The molecule has 2 aromatic rings. The van der Waals surface area contributed by atoms with Crippen molar-refractivity contribution in [2.45, 2.75) is 33.1 Å². The predicted molar refractivity (Wildman–Crippen MR) is 101 cm³/mol. The van der Waals surface area contributed by atoms with Gasteiger partial charge in [0, 0.05) is 12.0 Å². The molecule has 0 unspecified atom stereocenters. The molecule has 2 N–H and O–H groups in total. The Hall–Kier alpha value is -3.02. The van der Waals surface area contributed by atoms with Crippen LogP contribution in [0.25, 0.3) is 0 Å².